The Balaban J connectivity index is 0.00000304. The fraction of sp³-hybridized carbons (Fsp3) is 0.231. The van der Waals surface area contributed by atoms with Gasteiger partial charge in [0.25, 0.3) is 5.91 Å². The first-order chi connectivity index (χ1) is 17.1. The van der Waals surface area contributed by atoms with E-state index in [0.717, 1.165) is 35.2 Å². The number of aryl methyl sites for hydroxylation is 3. The van der Waals surface area contributed by atoms with Gasteiger partial charge in [-0.3, -0.25) is 9.69 Å². The highest BCUT2D eigenvalue weighted by Gasteiger charge is 2.29. The number of thiazole rings is 1. The molecule has 0 bridgehead atoms. The number of anilines is 1. The predicted molar refractivity (Wildman–Crippen MR) is 146 cm³/mol. The standard InChI is InChI=1S/C26H24ClN5O2S.ClH/c1-3-18-8-6-11-21-23(18)29-26(35-21)32(14-7-13-31-15-12-28-16-31)25(33)22-17(2)34-30-24(22)19-9-4-5-10-20(19)27;/h4-6,8-12,15-16H,3,7,13-14H2,1-2H3;1H. The van der Waals surface area contributed by atoms with Gasteiger partial charge in [-0.15, -0.1) is 12.4 Å². The average Bonchev–Trinajstić information content (AvgIpc) is 3.61. The molecule has 3 heterocycles. The summed E-state index contributed by atoms with van der Waals surface area (Å²) < 4.78 is 8.54. The van der Waals surface area contributed by atoms with E-state index in [4.69, 9.17) is 21.1 Å². The first-order valence-electron chi connectivity index (χ1n) is 11.4. The molecule has 0 spiro atoms. The molecule has 0 radical (unpaired) electrons. The average molecular weight is 542 g/mol. The van der Waals surface area contributed by atoms with E-state index < -0.39 is 0 Å². The third-order valence-corrected chi connectivity index (χ3v) is 7.28. The molecule has 0 N–H and O–H groups in total. The number of aromatic nitrogens is 4. The maximum atomic E-state index is 14.1. The quantitative estimate of drug-likeness (QED) is 0.215. The van der Waals surface area contributed by atoms with Gasteiger partial charge in [0, 0.05) is 31.0 Å². The molecule has 5 aromatic rings. The predicted octanol–water partition coefficient (Wildman–Crippen LogP) is 6.83. The Kier molecular flexibility index (Phi) is 8.08. The number of benzene rings is 2. The van der Waals surface area contributed by atoms with E-state index in [9.17, 15) is 4.79 Å². The van der Waals surface area contributed by atoms with E-state index >= 15 is 0 Å². The van der Waals surface area contributed by atoms with Crippen molar-refractivity contribution in [2.75, 3.05) is 11.4 Å². The second kappa shape index (κ2) is 11.2. The van der Waals surface area contributed by atoms with Crippen LogP contribution in [0.15, 0.2) is 65.7 Å². The molecule has 7 nitrogen and oxygen atoms in total. The van der Waals surface area contributed by atoms with E-state index in [1.807, 2.05) is 41.1 Å². The zero-order valence-electron chi connectivity index (χ0n) is 19.8. The zero-order chi connectivity index (χ0) is 24.4. The number of halogens is 2. The lowest BCUT2D eigenvalue weighted by molar-refractivity contribution is 0.0985. The number of amides is 1. The summed E-state index contributed by atoms with van der Waals surface area (Å²) in [4.78, 5) is 24.8. The molecule has 2 aromatic carbocycles. The minimum atomic E-state index is -0.207. The van der Waals surface area contributed by atoms with Crippen molar-refractivity contribution in [3.05, 3.63) is 83.1 Å². The molecule has 0 aliphatic carbocycles. The van der Waals surface area contributed by atoms with Gasteiger partial charge in [0.05, 0.1) is 21.6 Å². The van der Waals surface area contributed by atoms with Crippen molar-refractivity contribution in [2.45, 2.75) is 33.2 Å². The summed E-state index contributed by atoms with van der Waals surface area (Å²) in [6.45, 7) is 5.07. The number of imidazole rings is 1. The smallest absolute Gasteiger partial charge is 0.265 e. The fourth-order valence-corrected chi connectivity index (χ4v) is 5.37. The Morgan fingerprint density at radius 1 is 1.19 bits per heavy atom. The van der Waals surface area contributed by atoms with Crippen molar-refractivity contribution < 1.29 is 9.32 Å². The van der Waals surface area contributed by atoms with Crippen molar-refractivity contribution in [3.63, 3.8) is 0 Å². The molecule has 36 heavy (non-hydrogen) atoms. The normalized spacial score (nSPS) is 11.0. The number of para-hydroxylation sites is 1. The molecule has 10 heteroatoms. The third-order valence-electron chi connectivity index (χ3n) is 5.91. The van der Waals surface area contributed by atoms with Crippen LogP contribution >= 0.6 is 35.3 Å². The highest BCUT2D eigenvalue weighted by atomic mass is 35.5. The van der Waals surface area contributed by atoms with Gasteiger partial charge in [0.15, 0.2) is 5.13 Å². The molecule has 0 aliphatic heterocycles. The molecule has 0 saturated heterocycles. The van der Waals surface area contributed by atoms with Crippen molar-refractivity contribution >= 4 is 56.6 Å². The van der Waals surface area contributed by atoms with E-state index in [-0.39, 0.29) is 18.3 Å². The number of fused-ring (bicyclic) bond motifs is 1. The van der Waals surface area contributed by atoms with Crippen LogP contribution in [0.4, 0.5) is 5.13 Å². The first kappa shape index (κ1) is 25.9. The Labute approximate surface area is 224 Å². The van der Waals surface area contributed by atoms with Crippen LogP contribution in [0, 0.1) is 6.92 Å². The lowest BCUT2D eigenvalue weighted by Crippen LogP contribution is -2.33. The van der Waals surface area contributed by atoms with Crippen LogP contribution in [-0.4, -0.2) is 32.1 Å². The maximum absolute atomic E-state index is 14.1. The molecule has 3 aromatic heterocycles. The van der Waals surface area contributed by atoms with E-state index in [0.29, 0.717) is 39.3 Å². The van der Waals surface area contributed by atoms with E-state index in [1.165, 1.54) is 11.3 Å². The molecule has 0 saturated carbocycles. The van der Waals surface area contributed by atoms with Gasteiger partial charge in [-0.2, -0.15) is 0 Å². The van der Waals surface area contributed by atoms with E-state index in [2.05, 4.69) is 23.1 Å². The molecular weight excluding hydrogens is 517 g/mol. The monoisotopic (exact) mass is 541 g/mol. The second-order valence-electron chi connectivity index (χ2n) is 8.17. The van der Waals surface area contributed by atoms with Crippen LogP contribution in [0.3, 0.4) is 0 Å². The number of carbonyl (C=O) groups excluding carboxylic acids is 1. The molecule has 5 rings (SSSR count). The van der Waals surface area contributed by atoms with Crippen LogP contribution in [0.2, 0.25) is 5.02 Å². The Bertz CT molecular complexity index is 1480. The number of nitrogens with zero attached hydrogens (tertiary/aromatic N) is 5. The molecule has 0 atom stereocenters. The molecule has 0 aliphatic rings. The Morgan fingerprint density at radius 3 is 2.78 bits per heavy atom. The highest BCUT2D eigenvalue weighted by Crippen LogP contribution is 2.35. The van der Waals surface area contributed by atoms with Crippen molar-refractivity contribution in [1.82, 2.24) is 19.7 Å². The maximum Gasteiger partial charge on any atom is 0.265 e. The zero-order valence-corrected chi connectivity index (χ0v) is 22.2. The topological polar surface area (TPSA) is 77.0 Å². The summed E-state index contributed by atoms with van der Waals surface area (Å²) in [6, 6.07) is 13.5. The largest absolute Gasteiger partial charge is 0.360 e. The number of hydrogen-bond acceptors (Lipinski definition) is 6. The SMILES string of the molecule is CCc1cccc2sc(N(CCCn3ccnc3)C(=O)c3c(-c4ccccc4Cl)noc3C)nc12.Cl. The Hall–Kier alpha value is -3.20. The van der Waals surface area contributed by atoms with Crippen LogP contribution in [0.5, 0.6) is 0 Å². The lowest BCUT2D eigenvalue weighted by atomic mass is 10.1. The number of rotatable bonds is 8. The number of carbonyl (C=O) groups is 1. The molecule has 186 valence electrons. The van der Waals surface area contributed by atoms with Crippen molar-refractivity contribution in [3.8, 4) is 11.3 Å². The fourth-order valence-electron chi connectivity index (χ4n) is 4.11. The minimum Gasteiger partial charge on any atom is -0.360 e. The van der Waals surface area contributed by atoms with E-state index in [1.54, 1.807) is 30.4 Å². The second-order valence-corrected chi connectivity index (χ2v) is 9.58. The van der Waals surface area contributed by atoms with Gasteiger partial charge >= 0.3 is 0 Å². The highest BCUT2D eigenvalue weighted by molar-refractivity contribution is 7.22. The van der Waals surface area contributed by atoms with Crippen LogP contribution in [0.25, 0.3) is 21.5 Å². The Morgan fingerprint density at radius 2 is 2.03 bits per heavy atom. The minimum absolute atomic E-state index is 0. The molecule has 1 amide bonds. The number of hydrogen-bond donors (Lipinski definition) is 0. The van der Waals surface area contributed by atoms with Crippen LogP contribution in [-0.2, 0) is 13.0 Å². The summed E-state index contributed by atoms with van der Waals surface area (Å²) in [6.07, 6.45) is 7.04. The van der Waals surface area contributed by atoms with Gasteiger partial charge in [0.2, 0.25) is 0 Å². The lowest BCUT2D eigenvalue weighted by Gasteiger charge is -2.20. The van der Waals surface area contributed by atoms with Gasteiger partial charge in [-0.05, 0) is 37.5 Å². The summed E-state index contributed by atoms with van der Waals surface area (Å²) in [7, 11) is 0. The summed E-state index contributed by atoms with van der Waals surface area (Å²) in [5.41, 5.74) is 3.60. The van der Waals surface area contributed by atoms with Gasteiger partial charge < -0.3 is 9.09 Å². The summed E-state index contributed by atoms with van der Waals surface area (Å²) in [5.74, 6) is 0.237. The van der Waals surface area contributed by atoms with Crippen LogP contribution < -0.4 is 4.90 Å². The third kappa shape index (κ3) is 5.02. The van der Waals surface area contributed by atoms with Gasteiger partial charge in [-0.1, -0.05) is 65.3 Å². The van der Waals surface area contributed by atoms with Crippen molar-refractivity contribution in [2.24, 2.45) is 0 Å². The first-order valence-corrected chi connectivity index (χ1v) is 12.6. The van der Waals surface area contributed by atoms with Gasteiger partial charge in [-0.25, -0.2) is 9.97 Å². The van der Waals surface area contributed by atoms with Crippen LogP contribution in [0.1, 0.15) is 35.0 Å². The van der Waals surface area contributed by atoms with Gasteiger partial charge in [0.1, 0.15) is 17.0 Å². The van der Waals surface area contributed by atoms with Crippen molar-refractivity contribution in [1.29, 1.82) is 0 Å². The summed E-state index contributed by atoms with van der Waals surface area (Å²) in [5, 5.41) is 5.36. The molecule has 0 unspecified atom stereocenters. The molecule has 0 fully saturated rings. The summed E-state index contributed by atoms with van der Waals surface area (Å²) >= 11 is 7.96. The molecular formula is C26H25Cl2N5O2S.